The predicted octanol–water partition coefficient (Wildman–Crippen LogP) is 2.93. The van der Waals surface area contributed by atoms with Crippen molar-refractivity contribution in [3.05, 3.63) is 0 Å². The molecule has 0 spiro atoms. The van der Waals surface area contributed by atoms with Crippen LogP contribution in [-0.4, -0.2) is 25.7 Å². The zero-order valence-electron chi connectivity index (χ0n) is 11.4. The number of hydrogen-bond donors (Lipinski definition) is 2. The minimum atomic E-state index is 0.507. The van der Waals surface area contributed by atoms with Gasteiger partial charge in [0.25, 0.3) is 0 Å². The Labute approximate surface area is 102 Å². The predicted molar refractivity (Wildman–Crippen MR) is 71.8 cm³/mol. The molecule has 1 rings (SSSR count). The zero-order valence-corrected chi connectivity index (χ0v) is 11.4. The highest BCUT2D eigenvalue weighted by Crippen LogP contribution is 2.27. The molecule has 1 aliphatic heterocycles. The summed E-state index contributed by atoms with van der Waals surface area (Å²) in [7, 11) is 0. The van der Waals surface area contributed by atoms with Crippen molar-refractivity contribution >= 4 is 0 Å². The Hall–Kier alpha value is -0.0800. The Kier molecular flexibility index (Phi) is 6.37. The van der Waals surface area contributed by atoms with Crippen LogP contribution in [0.5, 0.6) is 0 Å². The lowest BCUT2D eigenvalue weighted by molar-refractivity contribution is 0.239. The summed E-state index contributed by atoms with van der Waals surface area (Å²) in [6.07, 6.45) is 8.03. The van der Waals surface area contributed by atoms with E-state index < -0.39 is 0 Å². The molecule has 2 heteroatoms. The quantitative estimate of drug-likeness (QED) is 0.697. The van der Waals surface area contributed by atoms with Gasteiger partial charge in [-0.05, 0) is 37.6 Å². The molecule has 0 bridgehead atoms. The minimum absolute atomic E-state index is 0.507. The fourth-order valence-corrected chi connectivity index (χ4v) is 2.41. The van der Waals surface area contributed by atoms with Crippen LogP contribution >= 0.6 is 0 Å². The Morgan fingerprint density at radius 3 is 2.75 bits per heavy atom. The van der Waals surface area contributed by atoms with Crippen molar-refractivity contribution in [2.24, 2.45) is 5.41 Å². The third kappa shape index (κ3) is 4.84. The van der Waals surface area contributed by atoms with Gasteiger partial charge in [0.2, 0.25) is 0 Å². The molecular weight excluding hydrogens is 196 g/mol. The monoisotopic (exact) mass is 226 g/mol. The summed E-state index contributed by atoms with van der Waals surface area (Å²) in [5.41, 5.74) is 0.507. The van der Waals surface area contributed by atoms with Gasteiger partial charge in [0.15, 0.2) is 0 Å². The summed E-state index contributed by atoms with van der Waals surface area (Å²) in [6, 6.07) is 0.709. The van der Waals surface area contributed by atoms with Crippen molar-refractivity contribution in [1.82, 2.24) is 10.6 Å². The molecule has 0 aliphatic carbocycles. The van der Waals surface area contributed by atoms with E-state index in [2.05, 4.69) is 31.4 Å². The summed E-state index contributed by atoms with van der Waals surface area (Å²) in [5.74, 6) is 0. The van der Waals surface area contributed by atoms with Crippen molar-refractivity contribution in [2.45, 2.75) is 65.3 Å². The standard InChI is InChI=1S/C14H30N2/c1-4-6-9-14(3,5-2)12-16-13-8-7-10-15-11-13/h13,15-16H,4-12H2,1-3H3/t13-,14?/m0/s1. The lowest BCUT2D eigenvalue weighted by Crippen LogP contribution is -2.46. The maximum absolute atomic E-state index is 3.76. The highest BCUT2D eigenvalue weighted by atomic mass is 15.0. The Balaban J connectivity index is 2.25. The van der Waals surface area contributed by atoms with Crippen LogP contribution in [-0.2, 0) is 0 Å². The maximum atomic E-state index is 3.76. The lowest BCUT2D eigenvalue weighted by Gasteiger charge is -2.32. The van der Waals surface area contributed by atoms with Crippen molar-refractivity contribution in [2.75, 3.05) is 19.6 Å². The first-order valence-corrected chi connectivity index (χ1v) is 7.14. The molecule has 1 fully saturated rings. The van der Waals surface area contributed by atoms with Crippen molar-refractivity contribution < 1.29 is 0 Å². The first kappa shape index (κ1) is 14.0. The Bertz CT molecular complexity index is 176. The van der Waals surface area contributed by atoms with E-state index in [0.29, 0.717) is 11.5 Å². The van der Waals surface area contributed by atoms with E-state index in [1.54, 1.807) is 0 Å². The molecule has 1 aliphatic rings. The van der Waals surface area contributed by atoms with Gasteiger partial charge in [-0.1, -0.05) is 33.6 Å². The Morgan fingerprint density at radius 2 is 2.19 bits per heavy atom. The molecular formula is C14H30N2. The average Bonchev–Trinajstić information content (AvgIpc) is 2.35. The second kappa shape index (κ2) is 7.29. The largest absolute Gasteiger partial charge is 0.315 e. The molecule has 2 N–H and O–H groups in total. The third-order valence-corrected chi connectivity index (χ3v) is 4.10. The van der Waals surface area contributed by atoms with Crippen LogP contribution < -0.4 is 10.6 Å². The van der Waals surface area contributed by atoms with Gasteiger partial charge in [-0.15, -0.1) is 0 Å². The molecule has 16 heavy (non-hydrogen) atoms. The molecule has 0 amide bonds. The number of nitrogens with one attached hydrogen (secondary N) is 2. The zero-order chi connectivity index (χ0) is 11.9. The van der Waals surface area contributed by atoms with Gasteiger partial charge in [0, 0.05) is 19.1 Å². The molecule has 0 aromatic carbocycles. The molecule has 96 valence electrons. The molecule has 2 nitrogen and oxygen atoms in total. The number of rotatable bonds is 7. The van der Waals surface area contributed by atoms with Crippen LogP contribution in [0.4, 0.5) is 0 Å². The van der Waals surface area contributed by atoms with E-state index in [4.69, 9.17) is 0 Å². The minimum Gasteiger partial charge on any atom is -0.315 e. The summed E-state index contributed by atoms with van der Waals surface area (Å²) in [6.45, 7) is 10.6. The fourth-order valence-electron chi connectivity index (χ4n) is 2.41. The van der Waals surface area contributed by atoms with E-state index in [1.807, 2.05) is 0 Å². The number of piperidine rings is 1. The number of unbranched alkanes of at least 4 members (excludes halogenated alkanes) is 1. The average molecular weight is 226 g/mol. The number of hydrogen-bond acceptors (Lipinski definition) is 2. The Morgan fingerprint density at radius 1 is 1.38 bits per heavy atom. The topological polar surface area (TPSA) is 24.1 Å². The van der Waals surface area contributed by atoms with E-state index in [-0.39, 0.29) is 0 Å². The molecule has 1 unspecified atom stereocenters. The highest BCUT2D eigenvalue weighted by Gasteiger charge is 2.23. The van der Waals surface area contributed by atoms with Gasteiger partial charge >= 0.3 is 0 Å². The molecule has 0 saturated carbocycles. The molecule has 0 radical (unpaired) electrons. The van der Waals surface area contributed by atoms with E-state index in [1.165, 1.54) is 51.6 Å². The molecule has 1 heterocycles. The second-order valence-electron chi connectivity index (χ2n) is 5.69. The van der Waals surface area contributed by atoms with E-state index in [9.17, 15) is 0 Å². The van der Waals surface area contributed by atoms with Crippen LogP contribution in [0, 0.1) is 5.41 Å². The van der Waals surface area contributed by atoms with Crippen LogP contribution in [0.1, 0.15) is 59.3 Å². The normalized spacial score (nSPS) is 25.3. The fraction of sp³-hybridized carbons (Fsp3) is 1.00. The molecule has 2 atom stereocenters. The molecule has 0 aromatic rings. The van der Waals surface area contributed by atoms with Gasteiger partial charge < -0.3 is 10.6 Å². The van der Waals surface area contributed by atoms with E-state index >= 15 is 0 Å². The molecule has 0 aromatic heterocycles. The summed E-state index contributed by atoms with van der Waals surface area (Å²) >= 11 is 0. The van der Waals surface area contributed by atoms with Gasteiger partial charge in [0.05, 0.1) is 0 Å². The summed E-state index contributed by atoms with van der Waals surface area (Å²) < 4.78 is 0. The lowest BCUT2D eigenvalue weighted by atomic mass is 9.82. The first-order chi connectivity index (χ1) is 7.70. The SMILES string of the molecule is CCCCC(C)(CC)CN[C@H]1CCCNC1. The van der Waals surface area contributed by atoms with Crippen LogP contribution in [0.25, 0.3) is 0 Å². The smallest absolute Gasteiger partial charge is 0.0193 e. The van der Waals surface area contributed by atoms with Crippen LogP contribution in [0.15, 0.2) is 0 Å². The van der Waals surface area contributed by atoms with E-state index in [0.717, 1.165) is 6.54 Å². The van der Waals surface area contributed by atoms with Crippen LogP contribution in [0.2, 0.25) is 0 Å². The van der Waals surface area contributed by atoms with Gasteiger partial charge in [-0.25, -0.2) is 0 Å². The van der Waals surface area contributed by atoms with Gasteiger partial charge in [0.1, 0.15) is 0 Å². The van der Waals surface area contributed by atoms with Gasteiger partial charge in [-0.3, -0.25) is 0 Å². The summed E-state index contributed by atoms with van der Waals surface area (Å²) in [4.78, 5) is 0. The second-order valence-corrected chi connectivity index (χ2v) is 5.69. The third-order valence-electron chi connectivity index (χ3n) is 4.10. The van der Waals surface area contributed by atoms with Crippen molar-refractivity contribution in [1.29, 1.82) is 0 Å². The van der Waals surface area contributed by atoms with Crippen LogP contribution in [0.3, 0.4) is 0 Å². The first-order valence-electron chi connectivity index (χ1n) is 7.14. The maximum Gasteiger partial charge on any atom is 0.0193 e. The summed E-state index contributed by atoms with van der Waals surface area (Å²) in [5, 5.41) is 7.23. The van der Waals surface area contributed by atoms with Crippen molar-refractivity contribution in [3.8, 4) is 0 Å². The van der Waals surface area contributed by atoms with Crippen molar-refractivity contribution in [3.63, 3.8) is 0 Å². The highest BCUT2D eigenvalue weighted by molar-refractivity contribution is 4.81. The van der Waals surface area contributed by atoms with Gasteiger partial charge in [-0.2, -0.15) is 0 Å². The molecule has 1 saturated heterocycles.